The highest BCUT2D eigenvalue weighted by Crippen LogP contribution is 2.17. The van der Waals surface area contributed by atoms with Crippen LogP contribution in [0.2, 0.25) is 0 Å². The zero-order chi connectivity index (χ0) is 25.7. The lowest BCUT2D eigenvalue weighted by Gasteiger charge is -2.19. The van der Waals surface area contributed by atoms with E-state index in [9.17, 15) is 14.4 Å². The van der Waals surface area contributed by atoms with Gasteiger partial charge < -0.3 is 30.2 Å². The molecule has 1 aromatic heterocycles. The number of nitrogens with one attached hydrogen (secondary N) is 3. The Labute approximate surface area is 205 Å². The molecule has 3 amide bonds. The van der Waals surface area contributed by atoms with Crippen molar-refractivity contribution in [1.29, 1.82) is 0 Å². The SMILES string of the molecule is Cc1ccc(NC(=O)c2ccccc2NC(=O)CCOCCOCCNC(=O)OC(C)(C)C)cn1. The van der Waals surface area contributed by atoms with Gasteiger partial charge in [0.15, 0.2) is 0 Å². The summed E-state index contributed by atoms with van der Waals surface area (Å²) in [6, 6.07) is 10.3. The molecule has 2 aromatic rings. The summed E-state index contributed by atoms with van der Waals surface area (Å²) in [5.74, 6) is -0.620. The van der Waals surface area contributed by atoms with Crippen LogP contribution >= 0.6 is 0 Å². The smallest absolute Gasteiger partial charge is 0.407 e. The van der Waals surface area contributed by atoms with E-state index in [1.807, 2.05) is 6.92 Å². The van der Waals surface area contributed by atoms with Gasteiger partial charge in [0.2, 0.25) is 5.91 Å². The average molecular weight is 487 g/mol. The van der Waals surface area contributed by atoms with Gasteiger partial charge in [0.25, 0.3) is 5.91 Å². The van der Waals surface area contributed by atoms with Gasteiger partial charge in [-0.25, -0.2) is 4.79 Å². The molecule has 0 aliphatic heterocycles. The van der Waals surface area contributed by atoms with Gasteiger partial charge in [-0.15, -0.1) is 0 Å². The Kier molecular flexibility index (Phi) is 11.1. The van der Waals surface area contributed by atoms with Crippen molar-refractivity contribution >= 4 is 29.3 Å². The lowest BCUT2D eigenvalue weighted by molar-refractivity contribution is -0.117. The van der Waals surface area contributed by atoms with Gasteiger partial charge in [0.05, 0.1) is 56.0 Å². The molecule has 1 aromatic carbocycles. The van der Waals surface area contributed by atoms with E-state index in [2.05, 4.69) is 20.9 Å². The number of aromatic nitrogens is 1. The van der Waals surface area contributed by atoms with Crippen LogP contribution in [0.25, 0.3) is 0 Å². The number of aryl methyl sites for hydroxylation is 1. The summed E-state index contributed by atoms with van der Waals surface area (Å²) in [7, 11) is 0. The number of pyridine rings is 1. The molecule has 0 radical (unpaired) electrons. The number of nitrogens with zero attached hydrogens (tertiary/aromatic N) is 1. The Balaban J connectivity index is 1.63. The zero-order valence-corrected chi connectivity index (χ0v) is 20.7. The Morgan fingerprint density at radius 3 is 2.31 bits per heavy atom. The molecule has 10 heteroatoms. The molecule has 2 rings (SSSR count). The summed E-state index contributed by atoms with van der Waals surface area (Å²) in [5.41, 5.74) is 1.63. The molecule has 190 valence electrons. The molecule has 0 aliphatic carbocycles. The number of para-hydroxylation sites is 1. The topological polar surface area (TPSA) is 128 Å². The molecular weight excluding hydrogens is 452 g/mol. The molecule has 0 fully saturated rings. The highest BCUT2D eigenvalue weighted by molar-refractivity contribution is 6.10. The molecule has 0 saturated carbocycles. The molecule has 0 atom stereocenters. The molecule has 3 N–H and O–H groups in total. The van der Waals surface area contributed by atoms with Gasteiger partial charge in [0, 0.05) is 12.2 Å². The molecule has 1 heterocycles. The number of amides is 3. The molecule has 0 bridgehead atoms. The number of hydrogen-bond acceptors (Lipinski definition) is 7. The maximum Gasteiger partial charge on any atom is 0.407 e. The van der Waals surface area contributed by atoms with Crippen molar-refractivity contribution < 1.29 is 28.6 Å². The molecule has 35 heavy (non-hydrogen) atoms. The third-order valence-electron chi connectivity index (χ3n) is 4.38. The minimum atomic E-state index is -0.543. The second-order valence-electron chi connectivity index (χ2n) is 8.64. The fourth-order valence-corrected chi connectivity index (χ4v) is 2.77. The van der Waals surface area contributed by atoms with E-state index in [-0.39, 0.29) is 24.8 Å². The van der Waals surface area contributed by atoms with Crippen molar-refractivity contribution in [3.63, 3.8) is 0 Å². The number of alkyl carbamates (subject to hydrolysis) is 1. The van der Waals surface area contributed by atoms with Crippen molar-refractivity contribution in [2.75, 3.05) is 43.6 Å². The second-order valence-corrected chi connectivity index (χ2v) is 8.64. The van der Waals surface area contributed by atoms with Crippen LogP contribution in [0.15, 0.2) is 42.6 Å². The highest BCUT2D eigenvalue weighted by atomic mass is 16.6. The van der Waals surface area contributed by atoms with E-state index < -0.39 is 11.7 Å². The molecular formula is C25H34N4O6. The fraction of sp³-hybridized carbons (Fsp3) is 0.440. The van der Waals surface area contributed by atoms with E-state index in [1.165, 1.54) is 0 Å². The number of benzene rings is 1. The molecule has 0 spiro atoms. The highest BCUT2D eigenvalue weighted by Gasteiger charge is 2.15. The van der Waals surface area contributed by atoms with E-state index in [1.54, 1.807) is 63.4 Å². The number of ether oxygens (including phenoxy) is 3. The Bertz CT molecular complexity index is 973. The zero-order valence-electron chi connectivity index (χ0n) is 20.7. The van der Waals surface area contributed by atoms with Crippen LogP contribution in [-0.2, 0) is 19.0 Å². The quantitative estimate of drug-likeness (QED) is 0.392. The minimum Gasteiger partial charge on any atom is -0.444 e. The molecule has 0 saturated heterocycles. The summed E-state index contributed by atoms with van der Waals surface area (Å²) in [5, 5.41) is 8.12. The lowest BCUT2D eigenvalue weighted by atomic mass is 10.1. The Morgan fingerprint density at radius 1 is 0.914 bits per heavy atom. The van der Waals surface area contributed by atoms with E-state index in [4.69, 9.17) is 14.2 Å². The summed E-state index contributed by atoms with van der Waals surface area (Å²) < 4.78 is 15.9. The van der Waals surface area contributed by atoms with Gasteiger partial charge in [-0.1, -0.05) is 12.1 Å². The van der Waals surface area contributed by atoms with Crippen LogP contribution in [0.4, 0.5) is 16.2 Å². The Morgan fingerprint density at radius 2 is 1.63 bits per heavy atom. The monoisotopic (exact) mass is 486 g/mol. The Hall–Kier alpha value is -3.50. The number of carbonyl (C=O) groups excluding carboxylic acids is 3. The van der Waals surface area contributed by atoms with Crippen molar-refractivity contribution in [2.24, 2.45) is 0 Å². The molecule has 10 nitrogen and oxygen atoms in total. The first-order valence-corrected chi connectivity index (χ1v) is 11.4. The van der Waals surface area contributed by atoms with Gasteiger partial charge >= 0.3 is 6.09 Å². The second kappa shape index (κ2) is 14.0. The van der Waals surface area contributed by atoms with Crippen LogP contribution in [0, 0.1) is 6.92 Å². The first kappa shape index (κ1) is 27.7. The van der Waals surface area contributed by atoms with Gasteiger partial charge in [-0.2, -0.15) is 0 Å². The predicted octanol–water partition coefficient (Wildman–Crippen LogP) is 3.53. The van der Waals surface area contributed by atoms with Gasteiger partial charge in [0.1, 0.15) is 5.60 Å². The number of carbonyl (C=O) groups is 3. The lowest BCUT2D eigenvalue weighted by Crippen LogP contribution is -2.34. The van der Waals surface area contributed by atoms with Crippen LogP contribution in [-0.4, -0.2) is 61.5 Å². The normalized spacial score (nSPS) is 11.0. The summed E-state index contributed by atoms with van der Waals surface area (Å²) >= 11 is 0. The van der Waals surface area contributed by atoms with Crippen molar-refractivity contribution in [1.82, 2.24) is 10.3 Å². The van der Waals surface area contributed by atoms with E-state index in [0.717, 1.165) is 5.69 Å². The standard InChI is InChI=1S/C25H34N4O6/c1-18-9-10-19(17-27-18)28-23(31)20-7-5-6-8-21(20)29-22(30)11-13-33-15-16-34-14-12-26-24(32)35-25(2,3)4/h5-10,17H,11-16H2,1-4H3,(H,26,32)(H,28,31)(H,29,30). The number of anilines is 2. The summed E-state index contributed by atoms with van der Waals surface area (Å²) in [4.78, 5) is 40.6. The van der Waals surface area contributed by atoms with Crippen molar-refractivity contribution in [3.8, 4) is 0 Å². The van der Waals surface area contributed by atoms with E-state index in [0.29, 0.717) is 43.3 Å². The van der Waals surface area contributed by atoms with Crippen LogP contribution < -0.4 is 16.0 Å². The van der Waals surface area contributed by atoms with Crippen molar-refractivity contribution in [2.45, 2.75) is 39.7 Å². The number of rotatable bonds is 12. The minimum absolute atomic E-state index is 0.123. The first-order valence-electron chi connectivity index (χ1n) is 11.4. The average Bonchev–Trinajstić information content (AvgIpc) is 2.78. The van der Waals surface area contributed by atoms with Gasteiger partial charge in [-0.05, 0) is 52.0 Å². The fourth-order valence-electron chi connectivity index (χ4n) is 2.77. The summed E-state index contributed by atoms with van der Waals surface area (Å²) in [6.45, 7) is 8.72. The largest absolute Gasteiger partial charge is 0.444 e. The third kappa shape index (κ3) is 11.5. The first-order chi connectivity index (χ1) is 16.6. The third-order valence-corrected chi connectivity index (χ3v) is 4.38. The molecule has 0 aliphatic rings. The predicted molar refractivity (Wildman–Crippen MR) is 132 cm³/mol. The van der Waals surface area contributed by atoms with Gasteiger partial charge in [-0.3, -0.25) is 14.6 Å². The van der Waals surface area contributed by atoms with Crippen LogP contribution in [0.3, 0.4) is 0 Å². The molecule has 0 unspecified atom stereocenters. The summed E-state index contributed by atoms with van der Waals surface area (Å²) in [6.07, 6.45) is 1.21. The van der Waals surface area contributed by atoms with E-state index >= 15 is 0 Å². The van der Waals surface area contributed by atoms with Crippen LogP contribution in [0.1, 0.15) is 43.2 Å². The van der Waals surface area contributed by atoms with Crippen LogP contribution in [0.5, 0.6) is 0 Å². The maximum absolute atomic E-state index is 12.6. The van der Waals surface area contributed by atoms with Crippen molar-refractivity contribution in [3.05, 3.63) is 53.9 Å². The maximum atomic E-state index is 12.6. The number of hydrogen-bond donors (Lipinski definition) is 3.